The largest absolute Gasteiger partial charge is 0.673 e. The molecule has 0 radical (unpaired) electrons. The molecule has 0 aliphatic carbocycles. The highest BCUT2D eigenvalue weighted by Gasteiger charge is 2.42. The Hall–Kier alpha value is -2.67. The van der Waals surface area contributed by atoms with Crippen molar-refractivity contribution in [2.45, 2.75) is 38.3 Å². The molecule has 0 saturated carbocycles. The van der Waals surface area contributed by atoms with Crippen molar-refractivity contribution in [1.82, 2.24) is 0 Å². The molecule has 1 aliphatic heterocycles. The average Bonchev–Trinajstić information content (AvgIpc) is 2.73. The van der Waals surface area contributed by atoms with Gasteiger partial charge in [0.2, 0.25) is 0 Å². The van der Waals surface area contributed by atoms with E-state index in [1.807, 2.05) is 6.92 Å². The zero-order chi connectivity index (χ0) is 26.2. The lowest BCUT2D eigenvalue weighted by Crippen LogP contribution is -2.16. The van der Waals surface area contributed by atoms with Crippen LogP contribution in [-0.2, 0) is 15.6 Å². The van der Waals surface area contributed by atoms with Crippen LogP contribution in [0.25, 0.3) is 0 Å². The molecule has 3 aromatic rings. The van der Waals surface area contributed by atoms with Gasteiger partial charge in [-0.1, -0.05) is 17.8 Å². The van der Waals surface area contributed by atoms with E-state index in [2.05, 4.69) is 0 Å². The van der Waals surface area contributed by atoms with E-state index in [0.29, 0.717) is 35.6 Å². The van der Waals surface area contributed by atoms with E-state index in [1.165, 1.54) is 7.11 Å². The summed E-state index contributed by atoms with van der Waals surface area (Å²) < 4.78 is 100. The molecule has 0 unspecified atom stereocenters. The average molecular weight is 538 g/mol. The van der Waals surface area contributed by atoms with Gasteiger partial charge in [-0.2, -0.15) is 0 Å². The summed E-state index contributed by atoms with van der Waals surface area (Å²) in [5.74, 6) is -4.65. The number of rotatable bonds is 2. The van der Waals surface area contributed by atoms with Gasteiger partial charge in [-0.15, -0.1) is 0 Å². The van der Waals surface area contributed by atoms with Crippen molar-refractivity contribution in [2.75, 3.05) is 7.11 Å². The number of hydrogen-bond donors (Lipinski definition) is 0. The first-order chi connectivity index (χ1) is 16.2. The maximum Gasteiger partial charge on any atom is 0.673 e. The molecule has 0 amide bonds. The van der Waals surface area contributed by atoms with Gasteiger partial charge in [-0.25, -0.2) is 22.4 Å². The second-order valence-corrected chi connectivity index (χ2v) is 10.3. The highest BCUT2D eigenvalue weighted by molar-refractivity contribution is 8.04. The summed E-state index contributed by atoms with van der Waals surface area (Å²) in [6.07, 6.45) is 0. The van der Waals surface area contributed by atoms with E-state index in [9.17, 15) is 39.6 Å². The van der Waals surface area contributed by atoms with Crippen molar-refractivity contribution in [2.24, 2.45) is 0 Å². The minimum Gasteiger partial charge on any atom is -0.465 e. The Kier molecular flexibility index (Phi) is 7.80. The van der Waals surface area contributed by atoms with Gasteiger partial charge in [-0.05, 0) is 31.5 Å². The molecular formula is C22H15BF8O2S2. The summed E-state index contributed by atoms with van der Waals surface area (Å²) in [6.45, 7) is 3.58. The summed E-state index contributed by atoms with van der Waals surface area (Å²) >= 11 is 1.05. The molecule has 0 saturated heterocycles. The van der Waals surface area contributed by atoms with E-state index in [0.717, 1.165) is 41.6 Å². The van der Waals surface area contributed by atoms with Crippen LogP contribution in [0.1, 0.15) is 21.5 Å². The number of ether oxygens (including phenoxy) is 1. The fraction of sp³-hybridized carbons (Fsp3) is 0.136. The van der Waals surface area contributed by atoms with Crippen molar-refractivity contribution in [1.29, 1.82) is 0 Å². The van der Waals surface area contributed by atoms with E-state index in [4.69, 9.17) is 4.74 Å². The molecule has 35 heavy (non-hydrogen) atoms. The van der Waals surface area contributed by atoms with Crippen LogP contribution in [0.4, 0.5) is 34.8 Å². The second kappa shape index (κ2) is 10.1. The van der Waals surface area contributed by atoms with Gasteiger partial charge in [0, 0.05) is 23.8 Å². The summed E-state index contributed by atoms with van der Waals surface area (Å²) in [4.78, 5) is 14.6. The molecule has 4 rings (SSSR count). The van der Waals surface area contributed by atoms with Crippen molar-refractivity contribution in [3.05, 3.63) is 76.4 Å². The van der Waals surface area contributed by atoms with Crippen LogP contribution in [0.5, 0.6) is 0 Å². The Bertz CT molecular complexity index is 1250. The maximum absolute atomic E-state index is 14.2. The molecule has 0 fully saturated rings. The van der Waals surface area contributed by atoms with Gasteiger partial charge in [0.1, 0.15) is 10.9 Å². The molecule has 0 bridgehead atoms. The van der Waals surface area contributed by atoms with Crippen LogP contribution in [-0.4, -0.2) is 20.3 Å². The highest BCUT2D eigenvalue weighted by Crippen LogP contribution is 2.50. The third kappa shape index (κ3) is 5.95. The standard InChI is InChI=1S/C22H15F4O2S2.BF4/c1-10-4-11(2)19(5-12(10)22(27)28-3)30-20-8-15(25)13(23)6-17(20)29-18-7-14(24)16(26)9-21(18)30;2-1(3,4)5/h4-9H,1-3H3;/q+1;-1. The number of esters is 1. The Balaban J connectivity index is 0.000000623. The first-order valence-electron chi connectivity index (χ1n) is 9.68. The topological polar surface area (TPSA) is 26.3 Å². The fourth-order valence-corrected chi connectivity index (χ4v) is 7.28. The van der Waals surface area contributed by atoms with Crippen molar-refractivity contribution in [3.8, 4) is 0 Å². The number of halogens is 8. The van der Waals surface area contributed by atoms with Crippen LogP contribution in [0.15, 0.2) is 60.9 Å². The van der Waals surface area contributed by atoms with Crippen molar-refractivity contribution in [3.63, 3.8) is 0 Å². The zero-order valence-corrected chi connectivity index (χ0v) is 19.8. The minimum absolute atomic E-state index is 0.317. The van der Waals surface area contributed by atoms with Gasteiger partial charge in [0.25, 0.3) is 0 Å². The van der Waals surface area contributed by atoms with Crippen molar-refractivity contribution >= 4 is 35.9 Å². The molecule has 1 heterocycles. The smallest absolute Gasteiger partial charge is 0.465 e. The molecule has 13 heteroatoms. The molecule has 0 aromatic heterocycles. The third-order valence-electron chi connectivity index (χ3n) is 4.78. The van der Waals surface area contributed by atoms with E-state index >= 15 is 0 Å². The quantitative estimate of drug-likeness (QED) is 0.114. The molecule has 0 atom stereocenters. The molecule has 0 N–H and O–H groups in total. The van der Waals surface area contributed by atoms with E-state index in [1.54, 1.807) is 19.1 Å². The maximum atomic E-state index is 14.2. The molecule has 0 spiro atoms. The zero-order valence-electron chi connectivity index (χ0n) is 18.2. The van der Waals surface area contributed by atoms with Crippen LogP contribution in [0, 0.1) is 37.1 Å². The van der Waals surface area contributed by atoms with Crippen LogP contribution in [0.3, 0.4) is 0 Å². The van der Waals surface area contributed by atoms with Crippen molar-refractivity contribution < 1.29 is 44.4 Å². The van der Waals surface area contributed by atoms with Gasteiger partial charge in [-0.3, -0.25) is 0 Å². The normalized spacial score (nSPS) is 12.9. The highest BCUT2D eigenvalue weighted by atomic mass is 32.2. The number of hydrogen-bond acceptors (Lipinski definition) is 3. The van der Waals surface area contributed by atoms with E-state index in [-0.39, 0.29) is 0 Å². The Labute approximate surface area is 202 Å². The molecule has 1 aliphatic rings. The number of aryl methyl sites for hydroxylation is 2. The van der Waals surface area contributed by atoms with Gasteiger partial charge < -0.3 is 22.0 Å². The van der Waals surface area contributed by atoms with Gasteiger partial charge >= 0.3 is 13.2 Å². The lowest BCUT2D eigenvalue weighted by atomic mass is 10.1. The summed E-state index contributed by atoms with van der Waals surface area (Å²) in [5, 5.41) is 0. The molecular weight excluding hydrogens is 523 g/mol. The Morgan fingerprint density at radius 3 is 1.60 bits per heavy atom. The number of carbonyl (C=O) groups excluding carboxylic acids is 1. The lowest BCUT2D eigenvalue weighted by molar-refractivity contribution is 0.0599. The summed E-state index contributed by atoms with van der Waals surface area (Å²) in [7, 11) is -5.82. The van der Waals surface area contributed by atoms with E-state index < -0.39 is 47.4 Å². The first-order valence-corrected chi connectivity index (χ1v) is 11.7. The predicted molar refractivity (Wildman–Crippen MR) is 116 cm³/mol. The summed E-state index contributed by atoms with van der Waals surface area (Å²) in [6, 6.07) is 7.71. The summed E-state index contributed by atoms with van der Waals surface area (Å²) in [5.41, 5.74) is 1.79. The number of methoxy groups -OCH3 is 1. The first kappa shape index (κ1) is 26.9. The number of fused-ring (bicyclic) bond motifs is 2. The molecule has 2 nitrogen and oxygen atoms in total. The second-order valence-electron chi connectivity index (χ2n) is 7.25. The minimum atomic E-state index is -6.00. The van der Waals surface area contributed by atoms with Crippen LogP contribution in [0.2, 0.25) is 0 Å². The number of carbonyl (C=O) groups is 1. The monoisotopic (exact) mass is 538 g/mol. The molecule has 186 valence electrons. The van der Waals surface area contributed by atoms with Crippen LogP contribution >= 0.6 is 11.8 Å². The van der Waals surface area contributed by atoms with Crippen LogP contribution < -0.4 is 0 Å². The Morgan fingerprint density at radius 2 is 1.17 bits per heavy atom. The predicted octanol–water partition coefficient (Wildman–Crippen LogP) is 7.51. The lowest BCUT2D eigenvalue weighted by Gasteiger charge is -2.21. The van der Waals surface area contributed by atoms with Gasteiger partial charge in [0.05, 0.1) is 22.5 Å². The van der Waals surface area contributed by atoms with Gasteiger partial charge in [0.15, 0.2) is 38.0 Å². The third-order valence-corrected chi connectivity index (χ3v) is 8.59. The Morgan fingerprint density at radius 1 is 0.743 bits per heavy atom. The molecule has 3 aromatic carbocycles. The SMILES string of the molecule is COC(=O)c1cc([S+]2c3cc(F)c(F)cc3Sc3cc(F)c(F)cc32)c(C)cc1C.F[B-](F)(F)F. The fourth-order valence-electron chi connectivity index (χ4n) is 3.36. The number of benzene rings is 3.